The second-order valence-electron chi connectivity index (χ2n) is 7.20. The molecule has 1 N–H and O–H groups in total. The molecule has 0 saturated carbocycles. The second-order valence-corrected chi connectivity index (χ2v) is 8.11. The summed E-state index contributed by atoms with van der Waals surface area (Å²) >= 11 is 3.48. The molecular weight excluding hydrogens is 452 g/mol. The van der Waals surface area contributed by atoms with Gasteiger partial charge in [0.25, 0.3) is 5.91 Å². The van der Waals surface area contributed by atoms with Gasteiger partial charge in [-0.05, 0) is 48.2 Å². The lowest BCUT2D eigenvalue weighted by molar-refractivity contribution is 0.102. The Morgan fingerprint density at radius 1 is 0.968 bits per heavy atom. The fraction of sp³-hybridized carbons (Fsp3) is 0.154. The van der Waals surface area contributed by atoms with Gasteiger partial charge in [0.2, 0.25) is 5.89 Å². The molecule has 0 saturated heterocycles. The quantitative estimate of drug-likeness (QED) is 0.322. The van der Waals surface area contributed by atoms with E-state index in [1.54, 1.807) is 12.3 Å². The smallest absolute Gasteiger partial charge is 0.256 e. The first-order valence-electron chi connectivity index (χ1n) is 10.3. The average molecular weight is 475 g/mol. The van der Waals surface area contributed by atoms with Gasteiger partial charge in [-0.2, -0.15) is 0 Å². The third-order valence-electron chi connectivity index (χ3n) is 5.25. The summed E-state index contributed by atoms with van der Waals surface area (Å²) in [6.07, 6.45) is 3.38. The average Bonchev–Trinajstić information content (AvgIpc) is 3.29. The molecule has 0 aliphatic carbocycles. The number of carbonyl (C=O) groups is 1. The first-order valence-corrected chi connectivity index (χ1v) is 11.1. The number of anilines is 1. The molecular formula is C26H23BrN2O2. The fourth-order valence-corrected chi connectivity index (χ4v) is 4.02. The lowest BCUT2D eigenvalue weighted by Gasteiger charge is -2.15. The van der Waals surface area contributed by atoms with Crippen LogP contribution in [0.25, 0.3) is 22.8 Å². The summed E-state index contributed by atoms with van der Waals surface area (Å²) in [6, 6.07) is 21.4. The van der Waals surface area contributed by atoms with Gasteiger partial charge in [-0.15, -0.1) is 0 Å². The number of oxazole rings is 1. The standard InChI is InChI=1S/C26H23BrN2O2/c1-3-17-9-7-10-18(4-2)24(17)29-25(30)21-13-5-6-14-22(21)26-28-16-23(31-26)19-11-8-12-20(27)15-19/h5-16H,3-4H2,1-2H3,(H,29,30). The number of para-hydroxylation sites is 1. The predicted molar refractivity (Wildman–Crippen MR) is 128 cm³/mol. The van der Waals surface area contributed by atoms with Crippen molar-refractivity contribution in [1.29, 1.82) is 0 Å². The summed E-state index contributed by atoms with van der Waals surface area (Å²) in [5, 5.41) is 3.14. The van der Waals surface area contributed by atoms with Crippen molar-refractivity contribution in [3.05, 3.63) is 94.1 Å². The van der Waals surface area contributed by atoms with E-state index in [4.69, 9.17) is 4.42 Å². The molecule has 1 aromatic heterocycles. The number of nitrogens with zero attached hydrogens (tertiary/aromatic N) is 1. The molecule has 1 amide bonds. The molecule has 31 heavy (non-hydrogen) atoms. The number of aromatic nitrogens is 1. The van der Waals surface area contributed by atoms with Crippen LogP contribution in [0.15, 0.2) is 81.8 Å². The molecule has 0 atom stereocenters. The Morgan fingerprint density at radius 3 is 2.39 bits per heavy atom. The maximum absolute atomic E-state index is 13.3. The first-order chi connectivity index (χ1) is 15.1. The molecule has 156 valence electrons. The highest BCUT2D eigenvalue weighted by atomic mass is 79.9. The number of hydrogen-bond acceptors (Lipinski definition) is 3. The molecule has 0 spiro atoms. The summed E-state index contributed by atoms with van der Waals surface area (Å²) in [5.74, 6) is 0.893. The molecule has 4 nitrogen and oxygen atoms in total. The number of nitrogens with one attached hydrogen (secondary N) is 1. The molecule has 4 aromatic rings. The number of benzene rings is 3. The van der Waals surface area contributed by atoms with Crippen molar-refractivity contribution >= 4 is 27.5 Å². The van der Waals surface area contributed by atoms with Crippen molar-refractivity contribution in [3.63, 3.8) is 0 Å². The van der Waals surface area contributed by atoms with Crippen LogP contribution in [0.1, 0.15) is 35.3 Å². The van der Waals surface area contributed by atoms with Crippen LogP contribution >= 0.6 is 15.9 Å². The highest BCUT2D eigenvalue weighted by Gasteiger charge is 2.19. The van der Waals surface area contributed by atoms with Crippen LogP contribution in [-0.4, -0.2) is 10.9 Å². The largest absolute Gasteiger partial charge is 0.436 e. The van der Waals surface area contributed by atoms with Crippen molar-refractivity contribution in [3.8, 4) is 22.8 Å². The van der Waals surface area contributed by atoms with Gasteiger partial charge in [-0.1, -0.05) is 72.2 Å². The van der Waals surface area contributed by atoms with Crippen LogP contribution in [0.3, 0.4) is 0 Å². The van der Waals surface area contributed by atoms with Crippen molar-refractivity contribution in [2.24, 2.45) is 0 Å². The monoisotopic (exact) mass is 474 g/mol. The Hall–Kier alpha value is -3.18. The van der Waals surface area contributed by atoms with Gasteiger partial charge in [0.15, 0.2) is 5.76 Å². The summed E-state index contributed by atoms with van der Waals surface area (Å²) in [7, 11) is 0. The zero-order valence-corrected chi connectivity index (χ0v) is 19.1. The molecule has 0 radical (unpaired) electrons. The number of aryl methyl sites for hydroxylation is 2. The maximum atomic E-state index is 13.3. The SMILES string of the molecule is CCc1cccc(CC)c1NC(=O)c1ccccc1-c1ncc(-c2cccc(Br)c2)o1. The van der Waals surface area contributed by atoms with Crippen LogP contribution in [0, 0.1) is 0 Å². The third-order valence-corrected chi connectivity index (χ3v) is 5.75. The number of carbonyl (C=O) groups excluding carboxylic acids is 1. The van der Waals surface area contributed by atoms with E-state index < -0.39 is 0 Å². The Kier molecular flexibility index (Phi) is 6.33. The molecule has 4 rings (SSSR count). The first kappa shape index (κ1) is 21.1. The Balaban J connectivity index is 1.68. The van der Waals surface area contributed by atoms with Gasteiger partial charge in [0.05, 0.1) is 11.8 Å². The van der Waals surface area contributed by atoms with Crippen LogP contribution in [0.5, 0.6) is 0 Å². The lowest BCUT2D eigenvalue weighted by atomic mass is 10.0. The molecule has 0 unspecified atom stereocenters. The normalized spacial score (nSPS) is 10.8. The van der Waals surface area contributed by atoms with E-state index in [1.807, 2.05) is 48.5 Å². The maximum Gasteiger partial charge on any atom is 0.256 e. The summed E-state index contributed by atoms with van der Waals surface area (Å²) in [4.78, 5) is 17.7. The van der Waals surface area contributed by atoms with Gasteiger partial charge in [-0.3, -0.25) is 4.79 Å². The molecule has 0 bridgehead atoms. The van der Waals surface area contributed by atoms with E-state index >= 15 is 0 Å². The molecule has 0 aliphatic rings. The minimum atomic E-state index is -0.173. The molecule has 0 aliphatic heterocycles. The number of amides is 1. The van der Waals surface area contributed by atoms with Crippen molar-refractivity contribution in [2.75, 3.05) is 5.32 Å². The third kappa shape index (κ3) is 4.47. The van der Waals surface area contributed by atoms with E-state index in [-0.39, 0.29) is 5.91 Å². The number of rotatable bonds is 6. The summed E-state index contributed by atoms with van der Waals surface area (Å²) in [5.41, 5.74) is 5.25. The van der Waals surface area contributed by atoms with Gasteiger partial charge >= 0.3 is 0 Å². The minimum Gasteiger partial charge on any atom is -0.436 e. The van der Waals surface area contributed by atoms with Crippen LogP contribution in [0.2, 0.25) is 0 Å². The van der Waals surface area contributed by atoms with Crippen LogP contribution in [0.4, 0.5) is 5.69 Å². The lowest BCUT2D eigenvalue weighted by Crippen LogP contribution is -2.16. The van der Waals surface area contributed by atoms with Crippen molar-refractivity contribution in [1.82, 2.24) is 4.98 Å². The van der Waals surface area contributed by atoms with Gasteiger partial charge < -0.3 is 9.73 Å². The van der Waals surface area contributed by atoms with E-state index in [2.05, 4.69) is 52.2 Å². The fourth-order valence-electron chi connectivity index (χ4n) is 3.63. The van der Waals surface area contributed by atoms with Gasteiger partial charge in [0, 0.05) is 21.3 Å². The Labute approximate surface area is 190 Å². The van der Waals surface area contributed by atoms with Crippen LogP contribution < -0.4 is 5.32 Å². The Bertz CT molecular complexity index is 1210. The zero-order chi connectivity index (χ0) is 21.8. The number of halogens is 1. The highest BCUT2D eigenvalue weighted by Crippen LogP contribution is 2.30. The highest BCUT2D eigenvalue weighted by molar-refractivity contribution is 9.10. The molecule has 3 aromatic carbocycles. The molecule has 1 heterocycles. The zero-order valence-electron chi connectivity index (χ0n) is 17.5. The summed E-state index contributed by atoms with van der Waals surface area (Å²) < 4.78 is 6.99. The van der Waals surface area contributed by atoms with Crippen molar-refractivity contribution < 1.29 is 9.21 Å². The molecule has 5 heteroatoms. The topological polar surface area (TPSA) is 55.1 Å². The van der Waals surface area contributed by atoms with Gasteiger partial charge in [0.1, 0.15) is 0 Å². The Morgan fingerprint density at radius 2 is 1.68 bits per heavy atom. The summed E-state index contributed by atoms with van der Waals surface area (Å²) in [6.45, 7) is 4.18. The predicted octanol–water partition coefficient (Wildman–Crippen LogP) is 7.15. The van der Waals surface area contributed by atoms with E-state index in [0.717, 1.165) is 39.7 Å². The number of hydrogen-bond donors (Lipinski definition) is 1. The van der Waals surface area contributed by atoms with Gasteiger partial charge in [-0.25, -0.2) is 4.98 Å². The van der Waals surface area contributed by atoms with Crippen molar-refractivity contribution in [2.45, 2.75) is 26.7 Å². The minimum absolute atomic E-state index is 0.173. The van der Waals surface area contributed by atoms with E-state index in [1.165, 1.54) is 0 Å². The van der Waals surface area contributed by atoms with E-state index in [9.17, 15) is 4.79 Å². The van der Waals surface area contributed by atoms with Crippen LogP contribution in [-0.2, 0) is 12.8 Å². The molecule has 0 fully saturated rings. The second kappa shape index (κ2) is 9.31. The van der Waals surface area contributed by atoms with E-state index in [0.29, 0.717) is 22.8 Å².